The summed E-state index contributed by atoms with van der Waals surface area (Å²) in [6.45, 7) is 3.45. The quantitative estimate of drug-likeness (QED) is 0.701. The molecule has 3 fully saturated rings. The van der Waals surface area contributed by atoms with E-state index in [2.05, 4.69) is 40.4 Å². The van der Waals surface area contributed by atoms with Gasteiger partial charge >= 0.3 is 6.03 Å². The number of urea groups is 1. The van der Waals surface area contributed by atoms with Crippen LogP contribution in [0, 0.1) is 0 Å². The third-order valence-electron chi connectivity index (χ3n) is 7.45. The van der Waals surface area contributed by atoms with Gasteiger partial charge in [0.05, 0.1) is 30.0 Å². The number of sulfonamides is 1. The number of likely N-dealkylation sites (tertiary alicyclic amines) is 1. The fraction of sp³-hybridized carbons (Fsp3) is 0.708. The Hall–Kier alpha value is -1.64. The molecule has 4 rings (SSSR count). The molecule has 2 saturated heterocycles. The number of amides is 2. The number of carbonyl (C=O) groups is 1. The topological polar surface area (TPSA) is 87.7 Å². The van der Waals surface area contributed by atoms with E-state index < -0.39 is 15.6 Å². The average molecular weight is 464 g/mol. The minimum absolute atomic E-state index is 0.127. The largest absolute Gasteiger partial charge is 0.376 e. The molecule has 2 unspecified atom stereocenters. The molecule has 1 saturated carbocycles. The highest BCUT2D eigenvalue weighted by atomic mass is 32.2. The Kier molecular flexibility index (Phi) is 7.42. The Morgan fingerprint density at radius 1 is 1.16 bits per heavy atom. The normalized spacial score (nSPS) is 32.5. The lowest BCUT2D eigenvalue weighted by Gasteiger charge is -2.51. The number of hydrogen-bond acceptors (Lipinski definition) is 4. The van der Waals surface area contributed by atoms with Gasteiger partial charge in [-0.3, -0.25) is 0 Å². The Morgan fingerprint density at radius 3 is 2.56 bits per heavy atom. The lowest BCUT2D eigenvalue weighted by molar-refractivity contribution is -0.0387. The van der Waals surface area contributed by atoms with Crippen LogP contribution in [0.4, 0.5) is 4.79 Å². The predicted octanol–water partition coefficient (Wildman–Crippen LogP) is 3.38. The van der Waals surface area contributed by atoms with Crippen molar-refractivity contribution in [2.75, 3.05) is 25.4 Å². The van der Waals surface area contributed by atoms with Gasteiger partial charge in [-0.15, -0.1) is 0 Å². The second-order valence-electron chi connectivity index (χ2n) is 9.55. The summed E-state index contributed by atoms with van der Waals surface area (Å²) >= 11 is 0. The molecule has 7 nitrogen and oxygen atoms in total. The molecule has 0 bridgehead atoms. The fourth-order valence-electron chi connectivity index (χ4n) is 5.85. The predicted molar refractivity (Wildman–Crippen MR) is 125 cm³/mol. The minimum Gasteiger partial charge on any atom is -0.376 e. The molecule has 3 aliphatic rings. The van der Waals surface area contributed by atoms with Crippen molar-refractivity contribution in [2.24, 2.45) is 0 Å². The minimum atomic E-state index is -3.33. The van der Waals surface area contributed by atoms with Crippen molar-refractivity contribution in [1.29, 1.82) is 0 Å². The number of hydrogen-bond donors (Lipinski definition) is 2. The fourth-order valence-corrected chi connectivity index (χ4v) is 7.43. The molecule has 2 heterocycles. The molecule has 1 spiro atoms. The number of nitrogens with zero attached hydrogens (tertiary/aromatic N) is 1. The van der Waals surface area contributed by atoms with E-state index in [0.717, 1.165) is 44.9 Å². The first-order chi connectivity index (χ1) is 15.4. The zero-order valence-corrected chi connectivity index (χ0v) is 19.9. The third kappa shape index (κ3) is 5.29. The van der Waals surface area contributed by atoms with Gasteiger partial charge in [0.25, 0.3) is 0 Å². The molecule has 2 aliphatic heterocycles. The van der Waals surface area contributed by atoms with Crippen molar-refractivity contribution in [3.8, 4) is 0 Å². The maximum absolute atomic E-state index is 12.8. The van der Waals surface area contributed by atoms with E-state index in [9.17, 15) is 13.2 Å². The van der Waals surface area contributed by atoms with E-state index in [4.69, 9.17) is 4.74 Å². The lowest BCUT2D eigenvalue weighted by atomic mass is 9.78. The zero-order chi connectivity index (χ0) is 22.6. The molecule has 8 heteroatoms. The van der Waals surface area contributed by atoms with Crippen LogP contribution in [0.3, 0.4) is 0 Å². The van der Waals surface area contributed by atoms with Gasteiger partial charge in [0.1, 0.15) is 0 Å². The van der Waals surface area contributed by atoms with Crippen LogP contribution in [-0.2, 0) is 14.8 Å². The molecule has 1 aliphatic carbocycles. The van der Waals surface area contributed by atoms with Gasteiger partial charge in [0.15, 0.2) is 0 Å². The number of piperidine rings is 1. The molecular weight excluding hydrogens is 426 g/mol. The van der Waals surface area contributed by atoms with Crippen molar-refractivity contribution in [3.05, 3.63) is 35.9 Å². The van der Waals surface area contributed by atoms with E-state index in [1.807, 2.05) is 11.8 Å². The number of rotatable bonds is 5. The van der Waals surface area contributed by atoms with E-state index in [0.29, 0.717) is 32.0 Å². The number of nitrogens with one attached hydrogen (secondary N) is 2. The van der Waals surface area contributed by atoms with Gasteiger partial charge in [-0.25, -0.2) is 17.9 Å². The summed E-state index contributed by atoms with van der Waals surface area (Å²) < 4.78 is 34.3. The second-order valence-corrected chi connectivity index (χ2v) is 11.4. The smallest absolute Gasteiger partial charge is 0.317 e. The maximum atomic E-state index is 12.8. The van der Waals surface area contributed by atoms with Crippen molar-refractivity contribution >= 4 is 16.1 Å². The van der Waals surface area contributed by atoms with Gasteiger partial charge in [-0.2, -0.15) is 0 Å². The van der Waals surface area contributed by atoms with Crippen molar-refractivity contribution in [3.63, 3.8) is 0 Å². The SMILES string of the molecule is CCNC(=O)N1CCCC2(CCCS(=O)(=O)N2)C1COC1CCC(c2ccccc2)CC1. The van der Waals surface area contributed by atoms with Crippen molar-refractivity contribution in [1.82, 2.24) is 14.9 Å². The average Bonchev–Trinajstić information content (AvgIpc) is 2.78. The number of benzene rings is 1. The Balaban J connectivity index is 1.43. The molecule has 1 aromatic rings. The number of ether oxygens (including phenoxy) is 1. The molecule has 0 radical (unpaired) electrons. The van der Waals surface area contributed by atoms with Crippen LogP contribution in [0.15, 0.2) is 30.3 Å². The van der Waals surface area contributed by atoms with Gasteiger partial charge < -0.3 is 15.0 Å². The van der Waals surface area contributed by atoms with Crippen molar-refractivity contribution in [2.45, 2.75) is 81.9 Å². The second kappa shape index (κ2) is 10.1. The molecular formula is C24H37N3O4S. The molecule has 1 aromatic carbocycles. The van der Waals surface area contributed by atoms with E-state index in [1.54, 1.807) is 0 Å². The van der Waals surface area contributed by atoms with Gasteiger partial charge in [-0.05, 0) is 69.8 Å². The monoisotopic (exact) mass is 463 g/mol. The zero-order valence-electron chi connectivity index (χ0n) is 19.1. The highest BCUT2D eigenvalue weighted by Crippen LogP contribution is 2.38. The molecule has 2 amide bonds. The first kappa shape index (κ1) is 23.5. The molecule has 178 valence electrons. The molecule has 0 aromatic heterocycles. The summed E-state index contributed by atoms with van der Waals surface area (Å²) in [5.74, 6) is 0.738. The van der Waals surface area contributed by atoms with Crippen molar-refractivity contribution < 1.29 is 17.9 Å². The van der Waals surface area contributed by atoms with Crippen LogP contribution in [0.2, 0.25) is 0 Å². The third-order valence-corrected chi connectivity index (χ3v) is 9.00. The van der Waals surface area contributed by atoms with Gasteiger partial charge in [0.2, 0.25) is 10.0 Å². The molecule has 2 atom stereocenters. The summed E-state index contributed by atoms with van der Waals surface area (Å²) in [4.78, 5) is 14.6. The lowest BCUT2D eigenvalue weighted by Crippen LogP contribution is -2.70. The first-order valence-corrected chi connectivity index (χ1v) is 13.8. The highest BCUT2D eigenvalue weighted by Gasteiger charge is 2.50. The van der Waals surface area contributed by atoms with Gasteiger partial charge in [0, 0.05) is 13.1 Å². The van der Waals surface area contributed by atoms with Crippen LogP contribution in [0.25, 0.3) is 0 Å². The maximum Gasteiger partial charge on any atom is 0.317 e. The summed E-state index contributed by atoms with van der Waals surface area (Å²) in [5.41, 5.74) is 0.776. The van der Waals surface area contributed by atoms with Crippen LogP contribution < -0.4 is 10.0 Å². The van der Waals surface area contributed by atoms with Crippen LogP contribution in [-0.4, -0.2) is 62.5 Å². The summed E-state index contributed by atoms with van der Waals surface area (Å²) in [7, 11) is -3.33. The number of carbonyl (C=O) groups excluding carboxylic acids is 1. The Morgan fingerprint density at radius 2 is 1.88 bits per heavy atom. The van der Waals surface area contributed by atoms with Crippen LogP contribution in [0.5, 0.6) is 0 Å². The highest BCUT2D eigenvalue weighted by molar-refractivity contribution is 7.89. The Labute approximate surface area is 192 Å². The van der Waals surface area contributed by atoms with E-state index >= 15 is 0 Å². The summed E-state index contributed by atoms with van der Waals surface area (Å²) in [6, 6.07) is 10.2. The first-order valence-electron chi connectivity index (χ1n) is 12.1. The summed E-state index contributed by atoms with van der Waals surface area (Å²) in [6.07, 6.45) is 7.24. The summed E-state index contributed by atoms with van der Waals surface area (Å²) in [5, 5.41) is 2.90. The van der Waals surface area contributed by atoms with Crippen LogP contribution >= 0.6 is 0 Å². The van der Waals surface area contributed by atoms with E-state index in [-0.39, 0.29) is 23.9 Å². The van der Waals surface area contributed by atoms with Crippen LogP contribution in [0.1, 0.15) is 69.8 Å². The van der Waals surface area contributed by atoms with Gasteiger partial charge in [-0.1, -0.05) is 30.3 Å². The van der Waals surface area contributed by atoms with E-state index in [1.165, 1.54) is 5.56 Å². The molecule has 32 heavy (non-hydrogen) atoms. The Bertz CT molecular complexity index is 866. The standard InChI is InChI=1S/C24H37N3O4S/c1-2-25-23(28)27-16-6-14-24(15-7-17-32(29,30)26-24)22(27)18-31-21-12-10-20(11-13-21)19-8-4-3-5-9-19/h3-5,8-9,20-22,26H,2,6-7,10-18H2,1H3,(H,25,28). The molecule has 2 N–H and O–H groups in total.